The Balaban J connectivity index is 2.24. The van der Waals surface area contributed by atoms with Crippen molar-refractivity contribution in [1.82, 2.24) is 10.1 Å². The first-order valence-electron chi connectivity index (χ1n) is 6.13. The second-order valence-electron chi connectivity index (χ2n) is 4.72. The van der Waals surface area contributed by atoms with Gasteiger partial charge in [-0.3, -0.25) is 4.79 Å². The van der Waals surface area contributed by atoms with Gasteiger partial charge in [-0.05, 0) is 26.0 Å². The molecule has 0 aliphatic rings. The number of hydrogen-bond acceptors (Lipinski definition) is 3. The van der Waals surface area contributed by atoms with Crippen LogP contribution in [0.4, 0.5) is 13.2 Å². The third kappa shape index (κ3) is 2.91. The van der Waals surface area contributed by atoms with E-state index in [1.54, 1.807) is 13.8 Å². The van der Waals surface area contributed by atoms with Crippen LogP contribution in [-0.2, 0) is 6.54 Å². The standard InChI is InChI=1S/C14H13F3N2O2/c1-7-10(8(2)21-18-7)6-19(3)14(20)9-4-11(15)13(17)12(16)5-9/h4-5H,6H2,1-3H3. The number of carbonyl (C=O) groups is 1. The summed E-state index contributed by atoms with van der Waals surface area (Å²) in [5, 5.41) is 3.76. The van der Waals surface area contributed by atoms with Gasteiger partial charge in [0.15, 0.2) is 17.5 Å². The van der Waals surface area contributed by atoms with E-state index in [2.05, 4.69) is 5.16 Å². The fourth-order valence-electron chi connectivity index (χ4n) is 1.94. The third-order valence-corrected chi connectivity index (χ3v) is 3.15. The summed E-state index contributed by atoms with van der Waals surface area (Å²) in [6.45, 7) is 3.59. The molecule has 2 rings (SSSR count). The summed E-state index contributed by atoms with van der Waals surface area (Å²) in [6, 6.07) is 1.34. The molecule has 2 aromatic rings. The third-order valence-electron chi connectivity index (χ3n) is 3.15. The molecule has 1 heterocycles. The zero-order valence-electron chi connectivity index (χ0n) is 11.7. The first kappa shape index (κ1) is 15.1. The Morgan fingerprint density at radius 2 is 1.81 bits per heavy atom. The molecule has 1 amide bonds. The van der Waals surface area contributed by atoms with Gasteiger partial charge in [0.1, 0.15) is 5.76 Å². The maximum Gasteiger partial charge on any atom is 0.254 e. The first-order chi connectivity index (χ1) is 9.81. The predicted molar refractivity (Wildman–Crippen MR) is 68.1 cm³/mol. The van der Waals surface area contributed by atoms with Gasteiger partial charge < -0.3 is 9.42 Å². The Hall–Kier alpha value is -2.31. The van der Waals surface area contributed by atoms with E-state index < -0.39 is 23.4 Å². The zero-order chi connectivity index (χ0) is 15.7. The Labute approximate surface area is 119 Å². The summed E-state index contributed by atoms with van der Waals surface area (Å²) in [5.41, 5.74) is 1.08. The highest BCUT2D eigenvalue weighted by Gasteiger charge is 2.20. The van der Waals surface area contributed by atoms with Crippen molar-refractivity contribution in [3.63, 3.8) is 0 Å². The van der Waals surface area contributed by atoms with Crippen molar-refractivity contribution in [2.75, 3.05) is 7.05 Å². The molecule has 0 aliphatic carbocycles. The molecule has 0 fully saturated rings. The van der Waals surface area contributed by atoms with Crippen LogP contribution in [0.25, 0.3) is 0 Å². The summed E-state index contributed by atoms with van der Waals surface area (Å²) < 4.78 is 44.2. The second-order valence-corrected chi connectivity index (χ2v) is 4.72. The van der Waals surface area contributed by atoms with Gasteiger partial charge in [-0.15, -0.1) is 0 Å². The minimum absolute atomic E-state index is 0.167. The molecule has 0 saturated heterocycles. The second kappa shape index (κ2) is 5.59. The van der Waals surface area contributed by atoms with Crippen molar-refractivity contribution in [2.24, 2.45) is 0 Å². The van der Waals surface area contributed by atoms with Crippen molar-refractivity contribution in [3.8, 4) is 0 Å². The van der Waals surface area contributed by atoms with Gasteiger partial charge in [0.05, 0.1) is 12.2 Å². The summed E-state index contributed by atoms with van der Waals surface area (Å²) in [4.78, 5) is 13.4. The fraction of sp³-hybridized carbons (Fsp3) is 0.286. The topological polar surface area (TPSA) is 46.3 Å². The van der Waals surface area contributed by atoms with Gasteiger partial charge >= 0.3 is 0 Å². The van der Waals surface area contributed by atoms with Crippen molar-refractivity contribution >= 4 is 5.91 Å². The number of aryl methyl sites for hydroxylation is 2. The van der Waals surface area contributed by atoms with Crippen molar-refractivity contribution in [1.29, 1.82) is 0 Å². The van der Waals surface area contributed by atoms with Crippen LogP contribution in [0, 0.1) is 31.3 Å². The molecule has 0 saturated carbocycles. The molecule has 0 bridgehead atoms. The van der Waals surface area contributed by atoms with E-state index >= 15 is 0 Å². The summed E-state index contributed by atoms with van der Waals surface area (Å²) >= 11 is 0. The average Bonchev–Trinajstić information content (AvgIpc) is 2.75. The number of carbonyl (C=O) groups excluding carboxylic acids is 1. The van der Waals surface area contributed by atoms with E-state index in [9.17, 15) is 18.0 Å². The SMILES string of the molecule is Cc1noc(C)c1CN(C)C(=O)c1cc(F)c(F)c(F)c1. The maximum absolute atomic E-state index is 13.2. The van der Waals surface area contributed by atoms with Gasteiger partial charge in [0, 0.05) is 18.2 Å². The van der Waals surface area contributed by atoms with E-state index in [1.165, 1.54) is 11.9 Å². The highest BCUT2D eigenvalue weighted by molar-refractivity contribution is 5.94. The summed E-state index contributed by atoms with van der Waals surface area (Å²) in [5.74, 6) is -4.47. The number of benzene rings is 1. The predicted octanol–water partition coefficient (Wildman–Crippen LogP) is 2.98. The zero-order valence-corrected chi connectivity index (χ0v) is 11.7. The van der Waals surface area contributed by atoms with Gasteiger partial charge in [-0.25, -0.2) is 13.2 Å². The number of amides is 1. The maximum atomic E-state index is 13.2. The molecule has 0 unspecified atom stereocenters. The Kier molecular flexibility index (Phi) is 4.02. The van der Waals surface area contributed by atoms with Crippen LogP contribution in [0.3, 0.4) is 0 Å². The average molecular weight is 298 g/mol. The quantitative estimate of drug-likeness (QED) is 0.818. The van der Waals surface area contributed by atoms with E-state index in [0.29, 0.717) is 29.2 Å². The fourth-order valence-corrected chi connectivity index (χ4v) is 1.94. The molecule has 1 aromatic heterocycles. The number of aromatic nitrogens is 1. The molecular weight excluding hydrogens is 285 g/mol. The molecule has 1 aromatic carbocycles. The monoisotopic (exact) mass is 298 g/mol. The molecule has 0 N–H and O–H groups in total. The molecule has 112 valence electrons. The van der Waals surface area contributed by atoms with Crippen molar-refractivity contribution < 1.29 is 22.5 Å². The first-order valence-corrected chi connectivity index (χ1v) is 6.13. The van der Waals surface area contributed by atoms with E-state index in [-0.39, 0.29) is 12.1 Å². The lowest BCUT2D eigenvalue weighted by atomic mass is 10.1. The van der Waals surface area contributed by atoms with Crippen LogP contribution in [0.2, 0.25) is 0 Å². The van der Waals surface area contributed by atoms with Crippen LogP contribution in [0.5, 0.6) is 0 Å². The van der Waals surface area contributed by atoms with Crippen LogP contribution >= 0.6 is 0 Å². The van der Waals surface area contributed by atoms with E-state index in [1.807, 2.05) is 0 Å². The Bertz CT molecular complexity index is 655. The van der Waals surface area contributed by atoms with Crippen molar-refractivity contribution in [3.05, 3.63) is 52.2 Å². The normalized spacial score (nSPS) is 10.8. The molecule has 0 aliphatic heterocycles. The highest BCUT2D eigenvalue weighted by Crippen LogP contribution is 2.18. The number of hydrogen-bond donors (Lipinski definition) is 0. The summed E-state index contributed by atoms with van der Waals surface area (Å²) in [6.07, 6.45) is 0. The minimum atomic E-state index is -1.60. The smallest absolute Gasteiger partial charge is 0.254 e. The number of nitrogens with zero attached hydrogens (tertiary/aromatic N) is 2. The molecule has 4 nitrogen and oxygen atoms in total. The largest absolute Gasteiger partial charge is 0.361 e. The minimum Gasteiger partial charge on any atom is -0.361 e. The molecule has 0 spiro atoms. The van der Waals surface area contributed by atoms with Crippen LogP contribution in [0.15, 0.2) is 16.7 Å². The van der Waals surface area contributed by atoms with Gasteiger partial charge in [0.2, 0.25) is 0 Å². The van der Waals surface area contributed by atoms with E-state index in [0.717, 1.165) is 0 Å². The van der Waals surface area contributed by atoms with Gasteiger partial charge in [-0.1, -0.05) is 5.16 Å². The summed E-state index contributed by atoms with van der Waals surface area (Å²) in [7, 11) is 1.47. The van der Waals surface area contributed by atoms with Crippen LogP contribution in [-0.4, -0.2) is 23.0 Å². The van der Waals surface area contributed by atoms with Crippen LogP contribution < -0.4 is 0 Å². The molecular formula is C14H13F3N2O2. The lowest BCUT2D eigenvalue weighted by Gasteiger charge is -2.17. The van der Waals surface area contributed by atoms with Crippen LogP contribution in [0.1, 0.15) is 27.4 Å². The molecule has 21 heavy (non-hydrogen) atoms. The lowest BCUT2D eigenvalue weighted by Crippen LogP contribution is -2.27. The number of halogens is 3. The van der Waals surface area contributed by atoms with Gasteiger partial charge in [-0.2, -0.15) is 0 Å². The number of rotatable bonds is 3. The Morgan fingerprint density at radius 3 is 2.29 bits per heavy atom. The van der Waals surface area contributed by atoms with E-state index in [4.69, 9.17) is 4.52 Å². The highest BCUT2D eigenvalue weighted by atomic mass is 19.2. The molecule has 0 radical (unpaired) electrons. The Morgan fingerprint density at radius 1 is 1.24 bits per heavy atom. The van der Waals surface area contributed by atoms with Gasteiger partial charge in [0.25, 0.3) is 5.91 Å². The molecule has 0 atom stereocenters. The lowest BCUT2D eigenvalue weighted by molar-refractivity contribution is 0.0783. The van der Waals surface area contributed by atoms with Crippen molar-refractivity contribution in [2.45, 2.75) is 20.4 Å². The molecule has 7 heteroatoms.